The highest BCUT2D eigenvalue weighted by atomic mass is 35.5. The largest absolute Gasteiger partial charge is 0.457 e. The molecule has 0 aliphatic rings. The minimum atomic E-state index is 0.555. The predicted octanol–water partition coefficient (Wildman–Crippen LogP) is 4.60. The molecule has 0 bridgehead atoms. The van der Waals surface area contributed by atoms with Crippen LogP contribution >= 0.6 is 23.2 Å². The van der Waals surface area contributed by atoms with Crippen molar-refractivity contribution in [2.24, 2.45) is 5.73 Å². The molecule has 0 saturated heterocycles. The van der Waals surface area contributed by atoms with Gasteiger partial charge in [-0.2, -0.15) is 0 Å². The van der Waals surface area contributed by atoms with Crippen molar-refractivity contribution in [3.8, 4) is 11.5 Å². The SMILES string of the molecule is Cc1cc(Oc2cc(Cl)cc(Cl)c2)ccc1CCN. The van der Waals surface area contributed by atoms with E-state index in [9.17, 15) is 0 Å². The quantitative estimate of drug-likeness (QED) is 0.895. The van der Waals surface area contributed by atoms with Gasteiger partial charge in [0.2, 0.25) is 0 Å². The Morgan fingerprint density at radius 1 is 1.00 bits per heavy atom. The number of hydrogen-bond acceptors (Lipinski definition) is 2. The molecule has 2 rings (SSSR count). The number of benzene rings is 2. The molecule has 2 nitrogen and oxygen atoms in total. The second-order valence-corrected chi connectivity index (χ2v) is 5.21. The summed E-state index contributed by atoms with van der Waals surface area (Å²) in [5.74, 6) is 1.39. The Bertz CT molecular complexity index is 564. The van der Waals surface area contributed by atoms with Crippen LogP contribution in [0.3, 0.4) is 0 Å². The van der Waals surface area contributed by atoms with Crippen LogP contribution in [-0.4, -0.2) is 6.54 Å². The zero-order valence-corrected chi connectivity index (χ0v) is 12.1. The van der Waals surface area contributed by atoms with Gasteiger partial charge < -0.3 is 10.5 Å². The molecular formula is C15H15Cl2NO. The highest BCUT2D eigenvalue weighted by molar-refractivity contribution is 6.34. The molecule has 19 heavy (non-hydrogen) atoms. The highest BCUT2D eigenvalue weighted by Crippen LogP contribution is 2.29. The molecule has 2 N–H and O–H groups in total. The lowest BCUT2D eigenvalue weighted by atomic mass is 10.1. The average molecular weight is 296 g/mol. The third-order valence-electron chi connectivity index (χ3n) is 2.80. The van der Waals surface area contributed by atoms with E-state index in [1.807, 2.05) is 25.1 Å². The Morgan fingerprint density at radius 2 is 1.68 bits per heavy atom. The van der Waals surface area contributed by atoms with Gasteiger partial charge in [-0.25, -0.2) is 0 Å². The molecule has 0 saturated carbocycles. The van der Waals surface area contributed by atoms with Gasteiger partial charge in [-0.3, -0.25) is 0 Å². The van der Waals surface area contributed by atoms with Gasteiger partial charge in [-0.15, -0.1) is 0 Å². The second kappa shape index (κ2) is 6.29. The van der Waals surface area contributed by atoms with E-state index in [0.717, 1.165) is 17.7 Å². The molecule has 0 aliphatic heterocycles. The highest BCUT2D eigenvalue weighted by Gasteiger charge is 2.04. The molecule has 0 amide bonds. The van der Waals surface area contributed by atoms with Crippen LogP contribution in [-0.2, 0) is 6.42 Å². The van der Waals surface area contributed by atoms with Crippen molar-refractivity contribution in [2.45, 2.75) is 13.3 Å². The lowest BCUT2D eigenvalue weighted by Crippen LogP contribution is -2.04. The van der Waals surface area contributed by atoms with Crippen LogP contribution in [0.1, 0.15) is 11.1 Å². The summed E-state index contributed by atoms with van der Waals surface area (Å²) in [7, 11) is 0. The molecule has 0 spiro atoms. The number of halogens is 2. The van der Waals surface area contributed by atoms with Crippen molar-refractivity contribution in [2.75, 3.05) is 6.54 Å². The molecule has 4 heteroatoms. The summed E-state index contributed by atoms with van der Waals surface area (Å²) in [5, 5.41) is 1.11. The number of hydrogen-bond donors (Lipinski definition) is 1. The van der Waals surface area contributed by atoms with E-state index in [1.54, 1.807) is 18.2 Å². The summed E-state index contributed by atoms with van der Waals surface area (Å²) in [5.41, 5.74) is 7.96. The zero-order chi connectivity index (χ0) is 13.8. The van der Waals surface area contributed by atoms with Crippen molar-refractivity contribution < 1.29 is 4.74 Å². The van der Waals surface area contributed by atoms with Gasteiger partial charge in [0, 0.05) is 10.0 Å². The molecule has 100 valence electrons. The first-order chi connectivity index (χ1) is 9.08. The summed E-state index contributed by atoms with van der Waals surface area (Å²) in [6.45, 7) is 2.69. The first-order valence-corrected chi connectivity index (χ1v) is 6.77. The fraction of sp³-hybridized carbons (Fsp3) is 0.200. The number of rotatable bonds is 4. The van der Waals surface area contributed by atoms with E-state index in [2.05, 4.69) is 0 Å². The lowest BCUT2D eigenvalue weighted by molar-refractivity contribution is 0.482. The summed E-state index contributed by atoms with van der Waals surface area (Å²) >= 11 is 11.9. The van der Waals surface area contributed by atoms with Crippen molar-refractivity contribution in [3.05, 3.63) is 57.6 Å². The van der Waals surface area contributed by atoms with E-state index in [1.165, 1.54) is 5.56 Å². The molecule has 2 aromatic rings. The normalized spacial score (nSPS) is 10.5. The summed E-state index contributed by atoms with van der Waals surface area (Å²) in [4.78, 5) is 0. The van der Waals surface area contributed by atoms with E-state index in [4.69, 9.17) is 33.7 Å². The lowest BCUT2D eigenvalue weighted by Gasteiger charge is -2.10. The van der Waals surface area contributed by atoms with E-state index in [0.29, 0.717) is 22.3 Å². The third kappa shape index (κ3) is 3.87. The number of aryl methyl sites for hydroxylation is 1. The average Bonchev–Trinajstić information content (AvgIpc) is 2.31. The Balaban J connectivity index is 2.21. The van der Waals surface area contributed by atoms with E-state index < -0.39 is 0 Å². The molecule has 0 heterocycles. The van der Waals surface area contributed by atoms with E-state index in [-0.39, 0.29) is 0 Å². The van der Waals surface area contributed by atoms with Gasteiger partial charge in [0.15, 0.2) is 0 Å². The summed E-state index contributed by atoms with van der Waals surface area (Å²) in [6.07, 6.45) is 0.870. The fourth-order valence-electron chi connectivity index (χ4n) is 1.89. The maximum atomic E-state index is 5.94. The Hall–Kier alpha value is -1.22. The van der Waals surface area contributed by atoms with Crippen LogP contribution in [0.25, 0.3) is 0 Å². The molecule has 0 aromatic heterocycles. The summed E-state index contributed by atoms with van der Waals surface area (Å²) < 4.78 is 5.75. The minimum Gasteiger partial charge on any atom is -0.457 e. The van der Waals surface area contributed by atoms with Crippen molar-refractivity contribution >= 4 is 23.2 Å². The molecule has 0 unspecified atom stereocenters. The van der Waals surface area contributed by atoms with Crippen molar-refractivity contribution in [1.29, 1.82) is 0 Å². The minimum absolute atomic E-state index is 0.555. The van der Waals surface area contributed by atoms with Crippen LogP contribution in [0, 0.1) is 6.92 Å². The van der Waals surface area contributed by atoms with Crippen LogP contribution in [0.5, 0.6) is 11.5 Å². The van der Waals surface area contributed by atoms with Crippen molar-refractivity contribution in [3.63, 3.8) is 0 Å². The molecule has 0 atom stereocenters. The van der Waals surface area contributed by atoms with Crippen LogP contribution in [0.4, 0.5) is 0 Å². The molecule has 0 fully saturated rings. The van der Waals surface area contributed by atoms with Gasteiger partial charge in [-0.1, -0.05) is 29.3 Å². The zero-order valence-electron chi connectivity index (χ0n) is 10.6. The summed E-state index contributed by atoms with van der Waals surface area (Å²) in [6, 6.07) is 11.1. The maximum Gasteiger partial charge on any atom is 0.130 e. The number of nitrogens with two attached hydrogens (primary N) is 1. The monoisotopic (exact) mass is 295 g/mol. The molecule has 0 aliphatic carbocycles. The van der Waals surface area contributed by atoms with Crippen LogP contribution in [0.2, 0.25) is 10.0 Å². The van der Waals surface area contributed by atoms with Gasteiger partial charge in [0.25, 0.3) is 0 Å². The maximum absolute atomic E-state index is 5.94. The molecule has 0 radical (unpaired) electrons. The first-order valence-electron chi connectivity index (χ1n) is 6.02. The topological polar surface area (TPSA) is 35.2 Å². The molecule has 2 aromatic carbocycles. The van der Waals surface area contributed by atoms with Gasteiger partial charge in [0.1, 0.15) is 11.5 Å². The third-order valence-corrected chi connectivity index (χ3v) is 3.24. The Labute approximate surface area is 123 Å². The van der Waals surface area contributed by atoms with Crippen LogP contribution in [0.15, 0.2) is 36.4 Å². The predicted molar refractivity (Wildman–Crippen MR) is 80.5 cm³/mol. The van der Waals surface area contributed by atoms with Gasteiger partial charge >= 0.3 is 0 Å². The number of ether oxygens (including phenoxy) is 1. The van der Waals surface area contributed by atoms with Gasteiger partial charge in [-0.05, 0) is 61.3 Å². The molecular weight excluding hydrogens is 281 g/mol. The second-order valence-electron chi connectivity index (χ2n) is 4.33. The Morgan fingerprint density at radius 3 is 2.26 bits per heavy atom. The van der Waals surface area contributed by atoms with Crippen LogP contribution < -0.4 is 10.5 Å². The standard InChI is InChI=1S/C15H15Cl2NO/c1-10-6-14(3-2-11(10)4-5-18)19-15-8-12(16)7-13(17)9-15/h2-3,6-9H,4-5,18H2,1H3. The Kier molecular flexibility index (Phi) is 4.70. The van der Waals surface area contributed by atoms with Crippen molar-refractivity contribution in [1.82, 2.24) is 0 Å². The van der Waals surface area contributed by atoms with Gasteiger partial charge in [0.05, 0.1) is 0 Å². The smallest absolute Gasteiger partial charge is 0.130 e. The van der Waals surface area contributed by atoms with E-state index >= 15 is 0 Å². The fourth-order valence-corrected chi connectivity index (χ4v) is 2.40. The first kappa shape index (κ1) is 14.2.